The number of nitrogens with two attached hydrogens (primary N) is 1. The van der Waals surface area contributed by atoms with E-state index in [1.54, 1.807) is 6.92 Å². The van der Waals surface area contributed by atoms with Gasteiger partial charge in [0.05, 0.1) is 18.3 Å². The molecule has 0 saturated heterocycles. The maximum absolute atomic E-state index is 12.1. The van der Waals surface area contributed by atoms with E-state index in [2.05, 4.69) is 10.3 Å². The number of nitrogens with one attached hydrogen (secondary N) is 1. The zero-order chi connectivity index (χ0) is 13.8. The standard InChI is InChI=1S/C13H15N3O2S/c1-8-11(19-13(14)15-8)12(18)16-10(7-17)9-5-3-2-4-6-9/h2-6,10,17H,7H2,1H3,(H2,14,15)(H,16,18)/t10-/m1/s1. The summed E-state index contributed by atoms with van der Waals surface area (Å²) in [6.07, 6.45) is 0. The smallest absolute Gasteiger partial charge is 0.263 e. The number of amides is 1. The van der Waals surface area contributed by atoms with Crippen LogP contribution in [0, 0.1) is 6.92 Å². The summed E-state index contributed by atoms with van der Waals surface area (Å²) in [5.41, 5.74) is 7.03. The van der Waals surface area contributed by atoms with E-state index in [4.69, 9.17) is 5.73 Å². The summed E-state index contributed by atoms with van der Waals surface area (Å²) in [5, 5.41) is 12.5. The average Bonchev–Trinajstić information content (AvgIpc) is 2.76. The molecule has 1 aromatic carbocycles. The molecule has 6 heteroatoms. The van der Waals surface area contributed by atoms with Crippen molar-refractivity contribution in [1.29, 1.82) is 0 Å². The van der Waals surface area contributed by atoms with Gasteiger partial charge in [-0.25, -0.2) is 4.98 Å². The SMILES string of the molecule is Cc1nc(N)sc1C(=O)N[C@H](CO)c1ccccc1. The van der Waals surface area contributed by atoms with Crippen LogP contribution in [0.25, 0.3) is 0 Å². The first-order valence-corrected chi connectivity index (χ1v) is 6.63. The molecule has 0 saturated carbocycles. The molecular weight excluding hydrogens is 262 g/mol. The predicted octanol–water partition coefficient (Wildman–Crippen LogP) is 1.50. The third-order valence-corrected chi connectivity index (χ3v) is 3.69. The number of aryl methyl sites for hydroxylation is 1. The summed E-state index contributed by atoms with van der Waals surface area (Å²) >= 11 is 1.14. The Morgan fingerprint density at radius 2 is 2.16 bits per heavy atom. The first kappa shape index (κ1) is 13.5. The van der Waals surface area contributed by atoms with Gasteiger partial charge in [-0.15, -0.1) is 0 Å². The van der Waals surface area contributed by atoms with E-state index in [-0.39, 0.29) is 12.5 Å². The highest BCUT2D eigenvalue weighted by Gasteiger charge is 2.18. The van der Waals surface area contributed by atoms with E-state index in [1.165, 1.54) is 0 Å². The highest BCUT2D eigenvalue weighted by molar-refractivity contribution is 7.17. The number of thiazole rings is 1. The molecule has 0 bridgehead atoms. The fourth-order valence-electron chi connectivity index (χ4n) is 1.77. The van der Waals surface area contributed by atoms with Crippen LogP contribution in [0.15, 0.2) is 30.3 Å². The van der Waals surface area contributed by atoms with Crippen molar-refractivity contribution in [3.63, 3.8) is 0 Å². The Morgan fingerprint density at radius 3 is 2.68 bits per heavy atom. The Balaban J connectivity index is 2.15. The summed E-state index contributed by atoms with van der Waals surface area (Å²) in [7, 11) is 0. The minimum absolute atomic E-state index is 0.164. The van der Waals surface area contributed by atoms with Crippen molar-refractivity contribution >= 4 is 22.4 Å². The molecule has 0 aliphatic rings. The summed E-state index contributed by atoms with van der Waals surface area (Å²) < 4.78 is 0. The lowest BCUT2D eigenvalue weighted by atomic mass is 10.1. The van der Waals surface area contributed by atoms with Gasteiger partial charge in [0.25, 0.3) is 5.91 Å². The lowest BCUT2D eigenvalue weighted by Crippen LogP contribution is -2.30. The molecule has 1 atom stereocenters. The average molecular weight is 277 g/mol. The number of nitrogen functional groups attached to an aromatic ring is 1. The quantitative estimate of drug-likeness (QED) is 0.790. The molecule has 0 spiro atoms. The number of anilines is 1. The topological polar surface area (TPSA) is 88.2 Å². The van der Waals surface area contributed by atoms with E-state index in [0.717, 1.165) is 16.9 Å². The molecule has 0 unspecified atom stereocenters. The second kappa shape index (κ2) is 5.81. The van der Waals surface area contributed by atoms with Gasteiger partial charge in [0, 0.05) is 0 Å². The van der Waals surface area contributed by atoms with Gasteiger partial charge < -0.3 is 16.2 Å². The summed E-state index contributed by atoms with van der Waals surface area (Å²) in [6, 6.07) is 8.88. The van der Waals surface area contributed by atoms with E-state index in [0.29, 0.717) is 15.7 Å². The van der Waals surface area contributed by atoms with Crippen LogP contribution >= 0.6 is 11.3 Å². The molecule has 0 fully saturated rings. The number of carbonyl (C=O) groups is 1. The van der Waals surface area contributed by atoms with Crippen molar-refractivity contribution in [2.24, 2.45) is 0 Å². The monoisotopic (exact) mass is 277 g/mol. The van der Waals surface area contributed by atoms with Crippen LogP contribution in [-0.2, 0) is 0 Å². The maximum atomic E-state index is 12.1. The van der Waals surface area contributed by atoms with Gasteiger partial charge in [-0.05, 0) is 12.5 Å². The fraction of sp³-hybridized carbons (Fsp3) is 0.231. The fourth-order valence-corrected chi connectivity index (χ4v) is 2.51. The molecule has 5 nitrogen and oxygen atoms in total. The number of aromatic nitrogens is 1. The number of benzene rings is 1. The molecule has 19 heavy (non-hydrogen) atoms. The second-order valence-electron chi connectivity index (χ2n) is 4.09. The molecule has 0 aliphatic carbocycles. The first-order chi connectivity index (χ1) is 9.11. The summed E-state index contributed by atoms with van der Waals surface area (Å²) in [5.74, 6) is -0.269. The molecule has 2 rings (SSSR count). The number of carbonyl (C=O) groups excluding carboxylic acids is 1. The molecule has 4 N–H and O–H groups in total. The minimum Gasteiger partial charge on any atom is -0.394 e. The Bertz CT molecular complexity index is 569. The van der Waals surface area contributed by atoms with Gasteiger partial charge in [0.2, 0.25) is 0 Å². The Labute approximate surface area is 115 Å². The zero-order valence-electron chi connectivity index (χ0n) is 10.5. The van der Waals surface area contributed by atoms with Crippen molar-refractivity contribution < 1.29 is 9.90 Å². The molecule has 1 amide bonds. The number of rotatable bonds is 4. The van der Waals surface area contributed by atoms with Crippen molar-refractivity contribution in [3.05, 3.63) is 46.5 Å². The third-order valence-electron chi connectivity index (χ3n) is 2.71. The summed E-state index contributed by atoms with van der Waals surface area (Å²) in [6.45, 7) is 1.57. The van der Waals surface area contributed by atoms with Crippen LogP contribution in [0.1, 0.15) is 27.0 Å². The van der Waals surface area contributed by atoms with Crippen molar-refractivity contribution in [2.45, 2.75) is 13.0 Å². The van der Waals surface area contributed by atoms with Gasteiger partial charge in [-0.2, -0.15) is 0 Å². The van der Waals surface area contributed by atoms with Gasteiger partial charge in [0.1, 0.15) is 4.88 Å². The van der Waals surface area contributed by atoms with Crippen LogP contribution < -0.4 is 11.1 Å². The van der Waals surface area contributed by atoms with Crippen LogP contribution in [0.3, 0.4) is 0 Å². The minimum atomic E-state index is -0.434. The molecule has 2 aromatic rings. The number of hydrogen-bond acceptors (Lipinski definition) is 5. The summed E-state index contributed by atoms with van der Waals surface area (Å²) in [4.78, 5) is 16.6. The van der Waals surface area contributed by atoms with Crippen LogP contribution in [-0.4, -0.2) is 22.6 Å². The van der Waals surface area contributed by atoms with E-state index < -0.39 is 6.04 Å². The van der Waals surface area contributed by atoms with Crippen LogP contribution in [0.2, 0.25) is 0 Å². The number of aliphatic hydroxyl groups is 1. The molecule has 1 heterocycles. The molecule has 100 valence electrons. The van der Waals surface area contributed by atoms with Gasteiger partial charge >= 0.3 is 0 Å². The van der Waals surface area contributed by atoms with Crippen LogP contribution in [0.5, 0.6) is 0 Å². The highest BCUT2D eigenvalue weighted by Crippen LogP contribution is 2.21. The van der Waals surface area contributed by atoms with E-state index in [9.17, 15) is 9.90 Å². The van der Waals surface area contributed by atoms with E-state index in [1.807, 2.05) is 30.3 Å². The number of aliphatic hydroxyl groups excluding tert-OH is 1. The van der Waals surface area contributed by atoms with Crippen LogP contribution in [0.4, 0.5) is 5.13 Å². The lowest BCUT2D eigenvalue weighted by molar-refractivity contribution is 0.0919. The van der Waals surface area contributed by atoms with Crippen molar-refractivity contribution in [2.75, 3.05) is 12.3 Å². The maximum Gasteiger partial charge on any atom is 0.263 e. The number of nitrogens with zero attached hydrogens (tertiary/aromatic N) is 1. The van der Waals surface area contributed by atoms with Gasteiger partial charge in [0.15, 0.2) is 5.13 Å². The molecule has 0 radical (unpaired) electrons. The normalized spacial score (nSPS) is 12.1. The lowest BCUT2D eigenvalue weighted by Gasteiger charge is -2.16. The molecule has 1 aromatic heterocycles. The predicted molar refractivity (Wildman–Crippen MR) is 75.0 cm³/mol. The van der Waals surface area contributed by atoms with E-state index >= 15 is 0 Å². The highest BCUT2D eigenvalue weighted by atomic mass is 32.1. The second-order valence-corrected chi connectivity index (χ2v) is 5.12. The third kappa shape index (κ3) is 3.10. The van der Waals surface area contributed by atoms with Crippen molar-refractivity contribution in [3.8, 4) is 0 Å². The number of hydrogen-bond donors (Lipinski definition) is 3. The largest absolute Gasteiger partial charge is 0.394 e. The molecule has 0 aliphatic heterocycles. The Kier molecular flexibility index (Phi) is 4.13. The zero-order valence-corrected chi connectivity index (χ0v) is 11.3. The molecular formula is C13H15N3O2S. The van der Waals surface area contributed by atoms with Gasteiger partial charge in [-0.1, -0.05) is 41.7 Å². The van der Waals surface area contributed by atoms with Gasteiger partial charge in [-0.3, -0.25) is 4.79 Å². The Hall–Kier alpha value is -1.92. The Morgan fingerprint density at radius 1 is 1.47 bits per heavy atom. The first-order valence-electron chi connectivity index (χ1n) is 5.81. The van der Waals surface area contributed by atoms with Crippen molar-refractivity contribution in [1.82, 2.24) is 10.3 Å².